The summed E-state index contributed by atoms with van der Waals surface area (Å²) in [5, 5.41) is 5.93. The summed E-state index contributed by atoms with van der Waals surface area (Å²) < 4.78 is 0. The monoisotopic (exact) mass is 303 g/mol. The van der Waals surface area contributed by atoms with Crippen LogP contribution in [0.25, 0.3) is 0 Å². The second-order valence-corrected chi connectivity index (χ2v) is 6.22. The summed E-state index contributed by atoms with van der Waals surface area (Å²) in [6.07, 6.45) is 4.58. The van der Waals surface area contributed by atoms with Crippen LogP contribution in [0.15, 0.2) is 30.3 Å². The molecule has 1 heterocycles. The van der Waals surface area contributed by atoms with Crippen molar-refractivity contribution in [1.29, 1.82) is 0 Å². The number of carbonyl (C=O) groups is 1. The van der Waals surface area contributed by atoms with Crippen molar-refractivity contribution in [2.45, 2.75) is 39.2 Å². The predicted octanol–water partition coefficient (Wildman–Crippen LogP) is 3.00. The van der Waals surface area contributed by atoms with Crippen molar-refractivity contribution >= 4 is 6.03 Å². The maximum Gasteiger partial charge on any atom is 0.314 e. The first-order valence-corrected chi connectivity index (χ1v) is 8.56. The fourth-order valence-electron chi connectivity index (χ4n) is 2.98. The van der Waals surface area contributed by atoms with Crippen LogP contribution in [0.1, 0.15) is 38.2 Å². The molecular formula is C18H29N3O. The van der Waals surface area contributed by atoms with Gasteiger partial charge in [0.05, 0.1) is 0 Å². The molecule has 1 atom stereocenters. The lowest BCUT2D eigenvalue weighted by Crippen LogP contribution is -2.43. The van der Waals surface area contributed by atoms with Crippen LogP contribution in [-0.4, -0.2) is 37.1 Å². The third-order valence-corrected chi connectivity index (χ3v) is 4.22. The molecule has 22 heavy (non-hydrogen) atoms. The van der Waals surface area contributed by atoms with E-state index in [2.05, 4.69) is 52.8 Å². The predicted molar refractivity (Wildman–Crippen MR) is 90.8 cm³/mol. The number of benzene rings is 1. The van der Waals surface area contributed by atoms with Crippen LogP contribution in [0.3, 0.4) is 0 Å². The number of nitrogens with zero attached hydrogens (tertiary/aromatic N) is 1. The Labute approximate surface area is 134 Å². The molecule has 1 aliphatic heterocycles. The first-order valence-electron chi connectivity index (χ1n) is 8.56. The number of amides is 2. The first-order chi connectivity index (χ1) is 10.8. The lowest BCUT2D eigenvalue weighted by molar-refractivity contribution is 0.165. The zero-order chi connectivity index (χ0) is 15.6. The summed E-state index contributed by atoms with van der Waals surface area (Å²) >= 11 is 0. The van der Waals surface area contributed by atoms with Crippen LogP contribution in [0.2, 0.25) is 0 Å². The summed E-state index contributed by atoms with van der Waals surface area (Å²) in [6, 6.07) is 10.6. The molecule has 0 radical (unpaired) electrons. The molecule has 1 saturated heterocycles. The van der Waals surface area contributed by atoms with Crippen molar-refractivity contribution in [3.63, 3.8) is 0 Å². The lowest BCUT2D eigenvalue weighted by Gasteiger charge is -2.32. The number of hydrogen-bond acceptors (Lipinski definition) is 2. The molecule has 2 amide bonds. The van der Waals surface area contributed by atoms with Crippen LogP contribution in [-0.2, 0) is 6.54 Å². The Balaban J connectivity index is 1.68. The van der Waals surface area contributed by atoms with Gasteiger partial charge in [-0.05, 0) is 37.3 Å². The van der Waals surface area contributed by atoms with E-state index in [-0.39, 0.29) is 6.03 Å². The Morgan fingerprint density at radius 1 is 1.27 bits per heavy atom. The average molecular weight is 303 g/mol. The van der Waals surface area contributed by atoms with Gasteiger partial charge in [-0.25, -0.2) is 4.79 Å². The standard InChI is InChI=1S/C18H29N3O/c1-2-3-11-19-18(22)20-13-17-10-7-12-21(15-17)14-16-8-5-4-6-9-16/h4-6,8-9,17H,2-3,7,10-15H2,1H3,(H2,19,20,22). The zero-order valence-electron chi connectivity index (χ0n) is 13.7. The molecule has 0 spiro atoms. The van der Waals surface area contributed by atoms with Crippen LogP contribution >= 0.6 is 0 Å². The number of unbranched alkanes of at least 4 members (excludes halogenated alkanes) is 1. The number of carbonyl (C=O) groups excluding carboxylic acids is 1. The van der Waals surface area contributed by atoms with Gasteiger partial charge in [-0.3, -0.25) is 4.90 Å². The molecule has 1 aliphatic rings. The summed E-state index contributed by atoms with van der Waals surface area (Å²) in [7, 11) is 0. The van der Waals surface area contributed by atoms with Gasteiger partial charge in [0.15, 0.2) is 0 Å². The van der Waals surface area contributed by atoms with E-state index in [1.54, 1.807) is 0 Å². The van der Waals surface area contributed by atoms with Crippen molar-refractivity contribution in [2.75, 3.05) is 26.2 Å². The van der Waals surface area contributed by atoms with Crippen molar-refractivity contribution < 1.29 is 4.79 Å². The SMILES string of the molecule is CCCCNC(=O)NCC1CCCN(Cc2ccccc2)C1. The van der Waals surface area contributed by atoms with Crippen LogP contribution in [0.4, 0.5) is 4.79 Å². The van der Waals surface area contributed by atoms with E-state index in [9.17, 15) is 4.79 Å². The van der Waals surface area contributed by atoms with Crippen molar-refractivity contribution in [3.8, 4) is 0 Å². The number of likely N-dealkylation sites (tertiary alicyclic amines) is 1. The molecule has 2 rings (SSSR count). The molecule has 1 fully saturated rings. The highest BCUT2D eigenvalue weighted by Gasteiger charge is 2.20. The van der Waals surface area contributed by atoms with Gasteiger partial charge in [-0.15, -0.1) is 0 Å². The molecule has 2 N–H and O–H groups in total. The van der Waals surface area contributed by atoms with E-state index in [1.807, 2.05) is 0 Å². The van der Waals surface area contributed by atoms with Crippen molar-refractivity contribution in [2.24, 2.45) is 5.92 Å². The zero-order valence-corrected chi connectivity index (χ0v) is 13.7. The van der Waals surface area contributed by atoms with Gasteiger partial charge in [0, 0.05) is 26.2 Å². The normalized spacial score (nSPS) is 18.9. The maximum atomic E-state index is 11.7. The van der Waals surface area contributed by atoms with E-state index in [4.69, 9.17) is 0 Å². The Morgan fingerprint density at radius 3 is 2.86 bits per heavy atom. The van der Waals surface area contributed by atoms with Gasteiger partial charge in [0.1, 0.15) is 0 Å². The van der Waals surface area contributed by atoms with Gasteiger partial charge in [0.25, 0.3) is 0 Å². The largest absolute Gasteiger partial charge is 0.338 e. The molecule has 4 nitrogen and oxygen atoms in total. The van der Waals surface area contributed by atoms with E-state index in [0.29, 0.717) is 5.92 Å². The summed E-state index contributed by atoms with van der Waals surface area (Å²) in [5.41, 5.74) is 1.37. The quantitative estimate of drug-likeness (QED) is 0.761. The second-order valence-electron chi connectivity index (χ2n) is 6.22. The average Bonchev–Trinajstić information content (AvgIpc) is 2.55. The number of piperidine rings is 1. The van der Waals surface area contributed by atoms with Gasteiger partial charge in [-0.2, -0.15) is 0 Å². The molecule has 122 valence electrons. The molecule has 1 aromatic rings. The van der Waals surface area contributed by atoms with Crippen LogP contribution in [0, 0.1) is 5.92 Å². The van der Waals surface area contributed by atoms with Gasteiger partial charge >= 0.3 is 6.03 Å². The lowest BCUT2D eigenvalue weighted by atomic mass is 9.97. The summed E-state index contributed by atoms with van der Waals surface area (Å²) in [5.74, 6) is 0.564. The molecule has 0 saturated carbocycles. The minimum atomic E-state index is -0.0198. The molecule has 0 aromatic heterocycles. The van der Waals surface area contributed by atoms with E-state index in [1.165, 1.54) is 18.4 Å². The highest BCUT2D eigenvalue weighted by Crippen LogP contribution is 2.17. The Bertz CT molecular complexity index is 435. The smallest absolute Gasteiger partial charge is 0.314 e. The van der Waals surface area contributed by atoms with E-state index < -0.39 is 0 Å². The number of urea groups is 1. The fraction of sp³-hybridized carbons (Fsp3) is 0.611. The fourth-order valence-corrected chi connectivity index (χ4v) is 2.98. The number of rotatable bonds is 7. The highest BCUT2D eigenvalue weighted by molar-refractivity contribution is 5.73. The molecule has 0 bridgehead atoms. The second kappa shape index (κ2) is 9.46. The Morgan fingerprint density at radius 2 is 2.09 bits per heavy atom. The molecule has 1 unspecified atom stereocenters. The number of nitrogens with one attached hydrogen (secondary N) is 2. The minimum Gasteiger partial charge on any atom is -0.338 e. The van der Waals surface area contributed by atoms with E-state index in [0.717, 1.165) is 45.6 Å². The summed E-state index contributed by atoms with van der Waals surface area (Å²) in [4.78, 5) is 14.2. The first kappa shape index (κ1) is 16.8. The molecule has 4 heteroatoms. The topological polar surface area (TPSA) is 44.4 Å². The number of hydrogen-bond donors (Lipinski definition) is 2. The Kier molecular flexibility index (Phi) is 7.23. The third kappa shape index (κ3) is 6.06. The van der Waals surface area contributed by atoms with Crippen molar-refractivity contribution in [3.05, 3.63) is 35.9 Å². The summed E-state index contributed by atoms with van der Waals surface area (Å²) in [6.45, 7) is 6.93. The van der Waals surface area contributed by atoms with Gasteiger partial charge in [0.2, 0.25) is 0 Å². The van der Waals surface area contributed by atoms with Gasteiger partial charge in [-0.1, -0.05) is 43.7 Å². The molecule has 0 aliphatic carbocycles. The minimum absolute atomic E-state index is 0.0198. The highest BCUT2D eigenvalue weighted by atomic mass is 16.2. The molecule has 1 aromatic carbocycles. The molecular weight excluding hydrogens is 274 g/mol. The maximum absolute atomic E-state index is 11.7. The Hall–Kier alpha value is -1.55. The van der Waals surface area contributed by atoms with Gasteiger partial charge < -0.3 is 10.6 Å². The van der Waals surface area contributed by atoms with E-state index >= 15 is 0 Å². The van der Waals surface area contributed by atoms with Crippen molar-refractivity contribution in [1.82, 2.24) is 15.5 Å². The third-order valence-electron chi connectivity index (χ3n) is 4.22. The van der Waals surface area contributed by atoms with Crippen LogP contribution < -0.4 is 10.6 Å². The van der Waals surface area contributed by atoms with Crippen LogP contribution in [0.5, 0.6) is 0 Å².